The third-order valence-electron chi connectivity index (χ3n) is 5.31. The Bertz CT molecular complexity index is 1140. The van der Waals surface area contributed by atoms with Crippen molar-refractivity contribution in [2.24, 2.45) is 0 Å². The van der Waals surface area contributed by atoms with E-state index in [1.165, 1.54) is 29.5 Å². The van der Waals surface area contributed by atoms with Gasteiger partial charge in [0.25, 0.3) is 0 Å². The fourth-order valence-corrected chi connectivity index (χ4v) is 4.43. The maximum absolute atomic E-state index is 13.7. The molecular weight excluding hydrogens is 473 g/mol. The van der Waals surface area contributed by atoms with Crippen LogP contribution in [0.15, 0.2) is 71.9 Å². The highest BCUT2D eigenvalue weighted by atomic mass is 35.5. The maximum atomic E-state index is 13.7. The number of halogens is 2. The largest absolute Gasteiger partial charge is 0.354 e. The molecule has 0 radical (unpaired) electrons. The Hall–Kier alpha value is -2.94. The van der Waals surface area contributed by atoms with Gasteiger partial charge in [0, 0.05) is 38.8 Å². The fraction of sp³-hybridized carbons (Fsp3) is 0.240. The van der Waals surface area contributed by atoms with Gasteiger partial charge in [-0.2, -0.15) is 0 Å². The first-order valence-corrected chi connectivity index (χ1v) is 12.3. The number of carbonyl (C=O) groups excluding carboxylic acids is 1. The number of para-hydroxylation sites is 1. The molecule has 1 aliphatic heterocycles. The Morgan fingerprint density at radius 1 is 1.06 bits per heavy atom. The molecule has 0 spiro atoms. The molecule has 34 heavy (non-hydrogen) atoms. The number of nitrogens with zero attached hydrogens (tertiary/aromatic N) is 4. The van der Waals surface area contributed by atoms with Crippen molar-refractivity contribution in [3.8, 4) is 0 Å². The van der Waals surface area contributed by atoms with Crippen molar-refractivity contribution in [3.05, 3.63) is 83.3 Å². The molecule has 1 fully saturated rings. The van der Waals surface area contributed by atoms with E-state index in [9.17, 15) is 9.18 Å². The van der Waals surface area contributed by atoms with E-state index in [4.69, 9.17) is 11.6 Å². The van der Waals surface area contributed by atoms with Gasteiger partial charge >= 0.3 is 0 Å². The molecule has 3 aromatic rings. The highest BCUT2D eigenvalue weighted by Crippen LogP contribution is 2.23. The lowest BCUT2D eigenvalue weighted by Crippen LogP contribution is -2.46. The van der Waals surface area contributed by atoms with Gasteiger partial charge in [0.2, 0.25) is 5.91 Å². The summed E-state index contributed by atoms with van der Waals surface area (Å²) in [5.41, 5.74) is 1.35. The zero-order valence-corrected chi connectivity index (χ0v) is 20.1. The van der Waals surface area contributed by atoms with E-state index in [1.54, 1.807) is 18.2 Å². The van der Waals surface area contributed by atoms with Gasteiger partial charge in [-0.3, -0.25) is 9.69 Å². The van der Waals surface area contributed by atoms with Crippen LogP contribution in [0.1, 0.15) is 5.56 Å². The lowest BCUT2D eigenvalue weighted by atomic mass is 10.2. The first-order valence-electron chi connectivity index (χ1n) is 11.0. The number of rotatable bonds is 8. The number of aromatic nitrogens is 2. The summed E-state index contributed by atoms with van der Waals surface area (Å²) in [6.07, 6.45) is 4.33. The van der Waals surface area contributed by atoms with Gasteiger partial charge in [0.15, 0.2) is 5.16 Å². The second-order valence-corrected chi connectivity index (χ2v) is 9.08. The highest BCUT2D eigenvalue weighted by molar-refractivity contribution is 7.99. The average molecular weight is 498 g/mol. The molecule has 0 saturated carbocycles. The van der Waals surface area contributed by atoms with Crippen molar-refractivity contribution in [1.29, 1.82) is 0 Å². The number of nitrogens with one attached hydrogen (secondary N) is 1. The summed E-state index contributed by atoms with van der Waals surface area (Å²) in [7, 11) is 0. The van der Waals surface area contributed by atoms with Crippen LogP contribution in [0.25, 0.3) is 6.08 Å². The highest BCUT2D eigenvalue weighted by Gasteiger charge is 2.19. The third kappa shape index (κ3) is 7.03. The van der Waals surface area contributed by atoms with Gasteiger partial charge in [-0.1, -0.05) is 78.0 Å². The maximum Gasteiger partial charge on any atom is 0.234 e. The van der Waals surface area contributed by atoms with Crippen LogP contribution in [0, 0.1) is 5.82 Å². The molecule has 0 unspecified atom stereocenters. The molecule has 2 aromatic carbocycles. The van der Waals surface area contributed by atoms with Crippen LogP contribution < -0.4 is 10.2 Å². The molecular formula is C25H25ClFN5OS. The zero-order chi connectivity index (χ0) is 23.8. The smallest absolute Gasteiger partial charge is 0.234 e. The number of hydrogen-bond acceptors (Lipinski definition) is 6. The van der Waals surface area contributed by atoms with Crippen LogP contribution in [-0.2, 0) is 4.79 Å². The summed E-state index contributed by atoms with van der Waals surface area (Å²) in [4.78, 5) is 25.6. The van der Waals surface area contributed by atoms with E-state index in [1.807, 2.05) is 18.2 Å². The standard InChI is InChI=1S/C25H25ClFN5OS/c26-22-17-23(30-25(29-22)34-18-24(33)28-21-11-5-4-10-20(21)27)32-15-13-31(14-16-32)12-6-9-19-7-2-1-3-8-19/h1-11,17H,12-16,18H2,(H,28,33). The van der Waals surface area contributed by atoms with Gasteiger partial charge in [0.05, 0.1) is 11.4 Å². The first kappa shape index (κ1) is 24.2. The molecule has 0 aliphatic carbocycles. The lowest BCUT2D eigenvalue weighted by Gasteiger charge is -2.35. The molecule has 176 valence electrons. The molecule has 1 amide bonds. The molecule has 9 heteroatoms. The zero-order valence-electron chi connectivity index (χ0n) is 18.5. The van der Waals surface area contributed by atoms with E-state index in [0.29, 0.717) is 10.3 Å². The number of piperazine rings is 1. The van der Waals surface area contributed by atoms with Crippen LogP contribution in [0.4, 0.5) is 15.9 Å². The number of thioether (sulfide) groups is 1. The summed E-state index contributed by atoms with van der Waals surface area (Å²) in [6.45, 7) is 4.36. The molecule has 0 bridgehead atoms. The normalized spacial score (nSPS) is 14.5. The monoisotopic (exact) mass is 497 g/mol. The van der Waals surface area contributed by atoms with E-state index >= 15 is 0 Å². The predicted molar refractivity (Wildman–Crippen MR) is 137 cm³/mol. The molecule has 1 aromatic heterocycles. The Morgan fingerprint density at radius 3 is 2.56 bits per heavy atom. The fourth-order valence-electron chi connectivity index (χ4n) is 3.55. The Morgan fingerprint density at radius 2 is 1.79 bits per heavy atom. The summed E-state index contributed by atoms with van der Waals surface area (Å²) >= 11 is 7.40. The minimum Gasteiger partial charge on any atom is -0.354 e. The van der Waals surface area contributed by atoms with E-state index in [-0.39, 0.29) is 17.3 Å². The van der Waals surface area contributed by atoms with Gasteiger partial charge in [-0.05, 0) is 17.7 Å². The molecule has 1 N–H and O–H groups in total. The molecule has 4 rings (SSSR count). The predicted octanol–water partition coefficient (Wildman–Crippen LogP) is 4.84. The van der Waals surface area contributed by atoms with E-state index in [0.717, 1.165) is 38.5 Å². The van der Waals surface area contributed by atoms with Gasteiger partial charge in [-0.15, -0.1) is 0 Å². The Labute approximate surface area is 207 Å². The van der Waals surface area contributed by atoms with Crippen molar-refractivity contribution in [2.75, 3.05) is 48.7 Å². The SMILES string of the molecule is O=C(CSc1nc(Cl)cc(N2CCN(CC=Cc3ccccc3)CC2)n1)Nc1ccccc1F. The lowest BCUT2D eigenvalue weighted by molar-refractivity contribution is -0.113. The van der Waals surface area contributed by atoms with Crippen molar-refractivity contribution >= 4 is 46.9 Å². The second-order valence-electron chi connectivity index (χ2n) is 7.75. The van der Waals surface area contributed by atoms with Crippen LogP contribution in [-0.4, -0.2) is 59.3 Å². The van der Waals surface area contributed by atoms with Crippen LogP contribution in [0.3, 0.4) is 0 Å². The van der Waals surface area contributed by atoms with Gasteiger partial charge in [-0.25, -0.2) is 14.4 Å². The quantitative estimate of drug-likeness (QED) is 0.273. The minimum absolute atomic E-state index is 0.0512. The molecule has 2 heterocycles. The summed E-state index contributed by atoms with van der Waals surface area (Å²) in [5, 5.41) is 3.31. The topological polar surface area (TPSA) is 61.4 Å². The van der Waals surface area contributed by atoms with Crippen molar-refractivity contribution in [2.45, 2.75) is 5.16 Å². The van der Waals surface area contributed by atoms with E-state index < -0.39 is 5.82 Å². The third-order valence-corrected chi connectivity index (χ3v) is 6.35. The Balaban J connectivity index is 1.28. The van der Waals surface area contributed by atoms with Crippen LogP contribution in [0.5, 0.6) is 0 Å². The van der Waals surface area contributed by atoms with Gasteiger partial charge < -0.3 is 10.2 Å². The molecule has 1 aliphatic rings. The number of hydrogen-bond donors (Lipinski definition) is 1. The number of amides is 1. The Kier molecular flexibility index (Phi) is 8.51. The van der Waals surface area contributed by atoms with Crippen molar-refractivity contribution in [1.82, 2.24) is 14.9 Å². The summed E-state index contributed by atoms with van der Waals surface area (Å²) < 4.78 is 13.7. The van der Waals surface area contributed by atoms with Crippen LogP contribution >= 0.6 is 23.4 Å². The van der Waals surface area contributed by atoms with Crippen LogP contribution in [0.2, 0.25) is 5.15 Å². The number of carbonyl (C=O) groups is 1. The average Bonchev–Trinajstić information content (AvgIpc) is 2.85. The van der Waals surface area contributed by atoms with Gasteiger partial charge in [0.1, 0.15) is 16.8 Å². The van der Waals surface area contributed by atoms with E-state index in [2.05, 4.69) is 49.4 Å². The minimum atomic E-state index is -0.475. The summed E-state index contributed by atoms with van der Waals surface area (Å²) in [6, 6.07) is 18.1. The van der Waals surface area contributed by atoms with Crippen molar-refractivity contribution in [3.63, 3.8) is 0 Å². The number of benzene rings is 2. The molecule has 0 atom stereocenters. The molecule has 6 nitrogen and oxygen atoms in total. The number of anilines is 2. The second kappa shape index (κ2) is 12.0. The summed E-state index contributed by atoms with van der Waals surface area (Å²) in [5.74, 6) is -0.0129. The molecule has 1 saturated heterocycles. The van der Waals surface area contributed by atoms with Crippen molar-refractivity contribution < 1.29 is 9.18 Å². The first-order chi connectivity index (χ1) is 16.6.